The van der Waals surface area contributed by atoms with Gasteiger partial charge in [-0.3, -0.25) is 0 Å². The van der Waals surface area contributed by atoms with Gasteiger partial charge in [0.25, 0.3) is 0 Å². The molecule has 3 nitrogen and oxygen atoms in total. The molecule has 0 amide bonds. The number of nitrogens with zero attached hydrogens (tertiary/aromatic N) is 2. The van der Waals surface area contributed by atoms with Crippen LogP contribution in [0.25, 0.3) is 116 Å². The summed E-state index contributed by atoms with van der Waals surface area (Å²) < 4.78 is 9.00. The number of furan rings is 1. The molecule has 9 aromatic carbocycles. The summed E-state index contributed by atoms with van der Waals surface area (Å²) in [6.45, 7) is 0. The second-order valence-electron chi connectivity index (χ2n) is 15.1. The summed E-state index contributed by atoms with van der Waals surface area (Å²) in [5, 5.41) is 8.12. The molecule has 12 rings (SSSR count). The van der Waals surface area contributed by atoms with Crippen molar-refractivity contribution in [3.8, 4) is 50.3 Å². The van der Waals surface area contributed by atoms with Crippen molar-refractivity contribution in [1.29, 1.82) is 0 Å². The number of hydrogen-bond acceptors (Lipinski definition) is 2. The van der Waals surface area contributed by atoms with Crippen molar-refractivity contribution >= 4 is 65.4 Å². The van der Waals surface area contributed by atoms with E-state index in [0.29, 0.717) is 0 Å². The second kappa shape index (κ2) is 12.9. The molecule has 3 heterocycles. The molecule has 0 unspecified atom stereocenters. The number of para-hydroxylation sites is 4. The third kappa shape index (κ3) is 5.04. The lowest BCUT2D eigenvalue weighted by Gasteiger charge is -2.16. The quantitative estimate of drug-likeness (QED) is 0.165. The van der Waals surface area contributed by atoms with E-state index in [1.165, 1.54) is 43.9 Å². The summed E-state index contributed by atoms with van der Waals surface area (Å²) in [5.74, 6) is 0. The Kier molecular flexibility index (Phi) is 7.23. The Bertz CT molecular complexity index is 3560. The lowest BCUT2D eigenvalue weighted by Crippen LogP contribution is -1.93. The zero-order valence-corrected chi connectivity index (χ0v) is 31.4. The van der Waals surface area contributed by atoms with Gasteiger partial charge >= 0.3 is 0 Å². The predicted octanol–water partition coefficient (Wildman–Crippen LogP) is 15.1. The number of hydrogen-bond donors (Lipinski definition) is 0. The van der Waals surface area contributed by atoms with Gasteiger partial charge in [-0.25, -0.2) is 4.98 Å². The Hall–Kier alpha value is -7.75. The molecule has 0 aliphatic heterocycles. The molecule has 0 radical (unpaired) electrons. The van der Waals surface area contributed by atoms with Crippen LogP contribution in [0.5, 0.6) is 0 Å². The minimum atomic E-state index is 0.859. The van der Waals surface area contributed by atoms with E-state index in [9.17, 15) is 0 Å². The van der Waals surface area contributed by atoms with Crippen LogP contribution in [-0.4, -0.2) is 9.55 Å². The standard InChI is InChI=1S/C55H34N2O/c1-3-15-35(16-4-1)52-53-44-24-7-10-26-47(44)56-55(46(53)34-51-54(52)45-25-9-12-28-50(45)58-51)40-20-14-19-38(32-40)36-17-13-18-37(31-36)39-29-30-43-42-23-8-11-27-48(42)57(49(43)33-39)41-21-5-2-6-22-41/h1-34H. The van der Waals surface area contributed by atoms with Gasteiger partial charge in [0, 0.05) is 54.5 Å². The van der Waals surface area contributed by atoms with E-state index in [2.05, 4.69) is 205 Å². The molecule has 0 aliphatic carbocycles. The Morgan fingerprint density at radius 3 is 1.72 bits per heavy atom. The first kappa shape index (κ1) is 32.5. The molecule has 0 saturated carbocycles. The predicted molar refractivity (Wildman–Crippen MR) is 243 cm³/mol. The average Bonchev–Trinajstić information content (AvgIpc) is 3.84. The Balaban J connectivity index is 1.04. The van der Waals surface area contributed by atoms with Crippen molar-refractivity contribution < 1.29 is 4.42 Å². The summed E-state index contributed by atoms with van der Waals surface area (Å²) in [6.07, 6.45) is 0. The molecular weight excluding hydrogens is 705 g/mol. The van der Waals surface area contributed by atoms with Crippen LogP contribution in [0.4, 0.5) is 0 Å². The first-order chi connectivity index (χ1) is 28.8. The smallest absolute Gasteiger partial charge is 0.136 e. The SMILES string of the molecule is c1ccc(-c2c3c(cc4c(-c5cccc(-c6cccc(-c7ccc8c9ccccc9n(-c9ccccc9)c8c7)c6)c5)nc5ccccc5c24)oc2ccccc23)cc1. The van der Waals surface area contributed by atoms with Gasteiger partial charge in [0.2, 0.25) is 0 Å². The maximum atomic E-state index is 6.62. The molecule has 0 N–H and O–H groups in total. The van der Waals surface area contributed by atoms with Gasteiger partial charge in [-0.2, -0.15) is 0 Å². The maximum Gasteiger partial charge on any atom is 0.136 e. The lowest BCUT2D eigenvalue weighted by molar-refractivity contribution is 0.669. The van der Waals surface area contributed by atoms with Crippen molar-refractivity contribution in [3.63, 3.8) is 0 Å². The van der Waals surface area contributed by atoms with Crippen LogP contribution < -0.4 is 0 Å². The van der Waals surface area contributed by atoms with Gasteiger partial charge in [0.15, 0.2) is 0 Å². The third-order valence-corrected chi connectivity index (χ3v) is 11.7. The van der Waals surface area contributed by atoms with Crippen LogP contribution in [0.15, 0.2) is 211 Å². The summed E-state index contributed by atoms with van der Waals surface area (Å²) in [7, 11) is 0. The van der Waals surface area contributed by atoms with Gasteiger partial charge in [-0.05, 0) is 82.4 Å². The van der Waals surface area contributed by atoms with Crippen LogP contribution in [0.2, 0.25) is 0 Å². The zero-order chi connectivity index (χ0) is 38.2. The molecule has 12 aromatic rings. The van der Waals surface area contributed by atoms with Crippen molar-refractivity contribution in [2.75, 3.05) is 0 Å². The van der Waals surface area contributed by atoms with E-state index in [1.54, 1.807) is 0 Å². The Morgan fingerprint density at radius 1 is 0.345 bits per heavy atom. The Labute approximate surface area is 334 Å². The highest BCUT2D eigenvalue weighted by Crippen LogP contribution is 2.46. The fraction of sp³-hybridized carbons (Fsp3) is 0. The molecule has 3 heteroatoms. The minimum Gasteiger partial charge on any atom is -0.456 e. The van der Waals surface area contributed by atoms with Crippen molar-refractivity contribution in [2.45, 2.75) is 0 Å². The summed E-state index contributed by atoms with van der Waals surface area (Å²) in [6, 6.07) is 73.8. The monoisotopic (exact) mass is 738 g/mol. The average molecular weight is 739 g/mol. The highest BCUT2D eigenvalue weighted by atomic mass is 16.3. The number of aromatic nitrogens is 2. The molecule has 58 heavy (non-hydrogen) atoms. The highest BCUT2D eigenvalue weighted by Gasteiger charge is 2.22. The number of fused-ring (bicyclic) bond motifs is 9. The van der Waals surface area contributed by atoms with E-state index >= 15 is 0 Å². The second-order valence-corrected chi connectivity index (χ2v) is 15.1. The molecule has 0 bridgehead atoms. The van der Waals surface area contributed by atoms with Crippen LogP contribution in [0.1, 0.15) is 0 Å². The Morgan fingerprint density at radius 2 is 0.931 bits per heavy atom. The molecule has 0 atom stereocenters. The molecule has 0 fully saturated rings. The first-order valence-corrected chi connectivity index (χ1v) is 19.8. The van der Waals surface area contributed by atoms with Crippen molar-refractivity contribution in [2.24, 2.45) is 0 Å². The number of rotatable bonds is 5. The zero-order valence-electron chi connectivity index (χ0n) is 31.4. The molecular formula is C55H34N2O. The molecule has 0 saturated heterocycles. The fourth-order valence-corrected chi connectivity index (χ4v) is 9.16. The largest absolute Gasteiger partial charge is 0.456 e. The maximum absolute atomic E-state index is 6.62. The summed E-state index contributed by atoms with van der Waals surface area (Å²) in [5.41, 5.74) is 15.2. The van der Waals surface area contributed by atoms with Crippen LogP contribution in [0.3, 0.4) is 0 Å². The minimum absolute atomic E-state index is 0.859. The van der Waals surface area contributed by atoms with Crippen LogP contribution in [-0.2, 0) is 0 Å². The van der Waals surface area contributed by atoms with Gasteiger partial charge in [0.1, 0.15) is 11.2 Å². The topological polar surface area (TPSA) is 31.0 Å². The van der Waals surface area contributed by atoms with Crippen LogP contribution in [0, 0.1) is 0 Å². The lowest BCUT2D eigenvalue weighted by atomic mass is 9.89. The normalized spacial score (nSPS) is 11.8. The molecule has 0 aliphatic rings. The van der Waals surface area contributed by atoms with Gasteiger partial charge in [-0.1, -0.05) is 152 Å². The third-order valence-electron chi connectivity index (χ3n) is 11.7. The van der Waals surface area contributed by atoms with Crippen LogP contribution >= 0.6 is 0 Å². The van der Waals surface area contributed by atoms with Crippen molar-refractivity contribution in [3.05, 3.63) is 206 Å². The fourth-order valence-electron chi connectivity index (χ4n) is 9.16. The molecule has 270 valence electrons. The molecule has 0 spiro atoms. The van der Waals surface area contributed by atoms with E-state index < -0.39 is 0 Å². The van der Waals surface area contributed by atoms with E-state index in [0.717, 1.165) is 71.9 Å². The van der Waals surface area contributed by atoms with Gasteiger partial charge < -0.3 is 8.98 Å². The first-order valence-electron chi connectivity index (χ1n) is 19.8. The van der Waals surface area contributed by atoms with Crippen molar-refractivity contribution in [1.82, 2.24) is 9.55 Å². The number of benzene rings is 9. The van der Waals surface area contributed by atoms with E-state index in [1.807, 2.05) is 6.07 Å². The highest BCUT2D eigenvalue weighted by molar-refractivity contribution is 6.27. The number of pyridine rings is 1. The summed E-state index contributed by atoms with van der Waals surface area (Å²) in [4.78, 5) is 5.41. The molecule has 3 aromatic heterocycles. The van der Waals surface area contributed by atoms with Gasteiger partial charge in [0.05, 0.1) is 22.2 Å². The van der Waals surface area contributed by atoms with E-state index in [4.69, 9.17) is 9.40 Å². The van der Waals surface area contributed by atoms with E-state index in [-0.39, 0.29) is 0 Å². The summed E-state index contributed by atoms with van der Waals surface area (Å²) >= 11 is 0. The van der Waals surface area contributed by atoms with Gasteiger partial charge in [-0.15, -0.1) is 0 Å².